The fraction of sp³-hybridized carbons (Fsp3) is 0.0909. The molecule has 0 fully saturated rings. The molecule has 2 rings (SSSR count). The van der Waals surface area contributed by atoms with Crippen LogP contribution in [0.25, 0.3) is 11.3 Å². The molecule has 0 spiro atoms. The molecule has 0 saturated heterocycles. The van der Waals surface area contributed by atoms with Crippen LogP contribution in [-0.4, -0.2) is 17.1 Å². The number of rotatable bonds is 2. The van der Waals surface area contributed by atoms with Gasteiger partial charge in [0.05, 0.1) is 17.8 Å². The number of methoxy groups -OCH3 is 1. The van der Waals surface area contributed by atoms with Crippen molar-refractivity contribution in [3.63, 3.8) is 0 Å². The third-order valence-electron chi connectivity index (χ3n) is 2.34. The number of benzene rings is 1. The standard InChI is InChI=1S/C11H10Cl2N4O/c1-18-7-4-5(2-3-6(7)12)9-8(14)10(13)17-11(15)16-9/h2-4H,14H2,1H3,(H2,15,16,17). The largest absolute Gasteiger partial charge is 0.495 e. The predicted octanol–water partition coefficient (Wildman–Crippen LogP) is 2.62. The molecular formula is C11H10Cl2N4O. The number of aromatic nitrogens is 2. The first-order valence-electron chi connectivity index (χ1n) is 4.95. The van der Waals surface area contributed by atoms with Crippen LogP contribution in [0.5, 0.6) is 5.75 Å². The summed E-state index contributed by atoms with van der Waals surface area (Å²) in [5.74, 6) is 0.569. The molecule has 0 bridgehead atoms. The molecule has 0 unspecified atom stereocenters. The highest BCUT2D eigenvalue weighted by atomic mass is 35.5. The molecule has 5 nitrogen and oxygen atoms in total. The van der Waals surface area contributed by atoms with Crippen LogP contribution in [0.15, 0.2) is 18.2 Å². The van der Waals surface area contributed by atoms with E-state index in [-0.39, 0.29) is 16.8 Å². The lowest BCUT2D eigenvalue weighted by molar-refractivity contribution is 0.415. The van der Waals surface area contributed by atoms with Crippen molar-refractivity contribution in [3.8, 4) is 17.0 Å². The van der Waals surface area contributed by atoms with Crippen molar-refractivity contribution in [1.82, 2.24) is 9.97 Å². The lowest BCUT2D eigenvalue weighted by Gasteiger charge is -2.09. The summed E-state index contributed by atoms with van der Waals surface area (Å²) in [6.45, 7) is 0. The van der Waals surface area contributed by atoms with Crippen molar-refractivity contribution in [1.29, 1.82) is 0 Å². The molecule has 94 valence electrons. The first kappa shape index (κ1) is 12.7. The minimum Gasteiger partial charge on any atom is -0.495 e. The highest BCUT2D eigenvalue weighted by Gasteiger charge is 2.12. The summed E-state index contributed by atoms with van der Waals surface area (Å²) < 4.78 is 5.13. The van der Waals surface area contributed by atoms with Gasteiger partial charge in [-0.3, -0.25) is 0 Å². The third kappa shape index (κ3) is 2.27. The number of ether oxygens (including phenoxy) is 1. The van der Waals surface area contributed by atoms with Gasteiger partial charge in [0.1, 0.15) is 11.4 Å². The van der Waals surface area contributed by atoms with Gasteiger partial charge in [0, 0.05) is 5.56 Å². The van der Waals surface area contributed by atoms with E-state index >= 15 is 0 Å². The normalized spacial score (nSPS) is 10.4. The Labute approximate surface area is 114 Å². The maximum atomic E-state index is 5.95. The van der Waals surface area contributed by atoms with Crippen LogP contribution in [0, 0.1) is 0 Å². The van der Waals surface area contributed by atoms with Crippen molar-refractivity contribution in [3.05, 3.63) is 28.4 Å². The summed E-state index contributed by atoms with van der Waals surface area (Å²) in [4.78, 5) is 7.84. The van der Waals surface area contributed by atoms with E-state index in [1.807, 2.05) is 0 Å². The van der Waals surface area contributed by atoms with Gasteiger partial charge in [0.25, 0.3) is 0 Å². The van der Waals surface area contributed by atoms with Gasteiger partial charge >= 0.3 is 0 Å². The fourth-order valence-corrected chi connectivity index (χ4v) is 1.86. The van der Waals surface area contributed by atoms with E-state index < -0.39 is 0 Å². The van der Waals surface area contributed by atoms with Crippen molar-refractivity contribution in [2.45, 2.75) is 0 Å². The molecule has 4 N–H and O–H groups in total. The van der Waals surface area contributed by atoms with Crippen LogP contribution in [0.1, 0.15) is 0 Å². The topological polar surface area (TPSA) is 87.0 Å². The second-order valence-electron chi connectivity index (χ2n) is 3.48. The highest BCUT2D eigenvalue weighted by Crippen LogP contribution is 2.34. The minimum absolute atomic E-state index is 0.0538. The molecule has 0 aliphatic heterocycles. The van der Waals surface area contributed by atoms with Crippen LogP contribution in [0.4, 0.5) is 11.6 Å². The zero-order valence-corrected chi connectivity index (χ0v) is 11.0. The molecule has 7 heteroatoms. The van der Waals surface area contributed by atoms with Gasteiger partial charge in [0.15, 0.2) is 5.15 Å². The van der Waals surface area contributed by atoms with E-state index in [9.17, 15) is 0 Å². The molecule has 2 aromatic rings. The Hall–Kier alpha value is -1.72. The third-order valence-corrected chi connectivity index (χ3v) is 2.94. The number of hydrogen-bond donors (Lipinski definition) is 2. The quantitative estimate of drug-likeness (QED) is 0.828. The average molecular weight is 285 g/mol. The number of halogens is 2. The smallest absolute Gasteiger partial charge is 0.222 e. The molecule has 1 aromatic carbocycles. The van der Waals surface area contributed by atoms with E-state index in [1.165, 1.54) is 7.11 Å². The SMILES string of the molecule is COc1cc(-c2nc(N)nc(Cl)c2N)ccc1Cl. The Balaban J connectivity index is 2.62. The maximum Gasteiger partial charge on any atom is 0.222 e. The van der Waals surface area contributed by atoms with Gasteiger partial charge in [-0.25, -0.2) is 4.98 Å². The van der Waals surface area contributed by atoms with E-state index in [0.29, 0.717) is 22.0 Å². The number of hydrogen-bond acceptors (Lipinski definition) is 5. The van der Waals surface area contributed by atoms with Crippen LogP contribution in [0.2, 0.25) is 10.2 Å². The molecule has 1 aromatic heterocycles. The van der Waals surface area contributed by atoms with E-state index in [2.05, 4.69) is 9.97 Å². The Bertz CT molecular complexity index is 604. The zero-order valence-electron chi connectivity index (χ0n) is 9.45. The van der Waals surface area contributed by atoms with Crippen LogP contribution in [-0.2, 0) is 0 Å². The monoisotopic (exact) mass is 284 g/mol. The molecule has 0 amide bonds. The van der Waals surface area contributed by atoms with Gasteiger partial charge in [0.2, 0.25) is 5.95 Å². The minimum atomic E-state index is 0.0538. The van der Waals surface area contributed by atoms with Gasteiger partial charge in [-0.2, -0.15) is 4.98 Å². The fourth-order valence-electron chi connectivity index (χ4n) is 1.49. The molecule has 0 aliphatic carbocycles. The molecule has 0 saturated carbocycles. The number of anilines is 2. The Morgan fingerprint density at radius 3 is 2.56 bits per heavy atom. The molecule has 1 heterocycles. The first-order valence-corrected chi connectivity index (χ1v) is 5.71. The Kier molecular flexibility index (Phi) is 3.45. The summed E-state index contributed by atoms with van der Waals surface area (Å²) in [6, 6.07) is 5.14. The van der Waals surface area contributed by atoms with Gasteiger partial charge < -0.3 is 16.2 Å². The summed E-state index contributed by atoms with van der Waals surface area (Å²) in [5, 5.41) is 0.611. The summed E-state index contributed by atoms with van der Waals surface area (Å²) in [6.07, 6.45) is 0. The highest BCUT2D eigenvalue weighted by molar-refractivity contribution is 6.33. The summed E-state index contributed by atoms with van der Waals surface area (Å²) >= 11 is 11.8. The van der Waals surface area contributed by atoms with Crippen molar-refractivity contribution < 1.29 is 4.74 Å². The van der Waals surface area contributed by atoms with Crippen LogP contribution in [0.3, 0.4) is 0 Å². The van der Waals surface area contributed by atoms with Crippen molar-refractivity contribution in [2.75, 3.05) is 18.6 Å². The Morgan fingerprint density at radius 1 is 1.17 bits per heavy atom. The Morgan fingerprint density at radius 2 is 1.89 bits per heavy atom. The second kappa shape index (κ2) is 4.88. The first-order chi connectivity index (χ1) is 8.52. The number of nitrogens with zero attached hydrogens (tertiary/aromatic N) is 2. The van der Waals surface area contributed by atoms with Crippen molar-refractivity contribution >= 4 is 34.8 Å². The van der Waals surface area contributed by atoms with E-state index in [0.717, 1.165) is 0 Å². The molecule has 0 aliphatic rings. The molecule has 0 radical (unpaired) electrons. The zero-order chi connectivity index (χ0) is 13.3. The number of nitrogen functional groups attached to an aromatic ring is 2. The molecule has 18 heavy (non-hydrogen) atoms. The predicted molar refractivity (Wildman–Crippen MR) is 72.9 cm³/mol. The lowest BCUT2D eigenvalue weighted by Crippen LogP contribution is -2.02. The maximum absolute atomic E-state index is 5.95. The molecule has 0 atom stereocenters. The van der Waals surface area contributed by atoms with E-state index in [4.69, 9.17) is 39.4 Å². The summed E-state index contributed by atoms with van der Waals surface area (Å²) in [5.41, 5.74) is 12.8. The van der Waals surface area contributed by atoms with Crippen molar-refractivity contribution in [2.24, 2.45) is 0 Å². The van der Waals surface area contributed by atoms with Gasteiger partial charge in [-0.05, 0) is 12.1 Å². The van der Waals surface area contributed by atoms with Crippen LogP contribution >= 0.6 is 23.2 Å². The van der Waals surface area contributed by atoms with Crippen LogP contribution < -0.4 is 16.2 Å². The number of nitrogens with two attached hydrogens (primary N) is 2. The van der Waals surface area contributed by atoms with E-state index in [1.54, 1.807) is 18.2 Å². The average Bonchev–Trinajstić information content (AvgIpc) is 2.34. The molecular weight excluding hydrogens is 275 g/mol. The summed E-state index contributed by atoms with van der Waals surface area (Å²) in [7, 11) is 1.52. The second-order valence-corrected chi connectivity index (χ2v) is 4.25. The lowest BCUT2D eigenvalue weighted by atomic mass is 10.1. The van der Waals surface area contributed by atoms with Gasteiger partial charge in [-0.15, -0.1) is 0 Å². The van der Waals surface area contributed by atoms with Gasteiger partial charge in [-0.1, -0.05) is 29.3 Å².